The summed E-state index contributed by atoms with van der Waals surface area (Å²) < 4.78 is 7.45. The van der Waals surface area contributed by atoms with Gasteiger partial charge < -0.3 is 25.3 Å². The first-order valence-corrected chi connectivity index (χ1v) is 10.7. The predicted molar refractivity (Wildman–Crippen MR) is 139 cm³/mol. The Morgan fingerprint density at radius 3 is 2.44 bits per heavy atom. The van der Waals surface area contributed by atoms with E-state index in [1.165, 1.54) is 5.56 Å². The molecule has 0 saturated carbocycles. The highest BCUT2D eigenvalue weighted by atomic mass is 127. The van der Waals surface area contributed by atoms with E-state index in [0.29, 0.717) is 19.0 Å². The topological polar surface area (TPSA) is 92.6 Å². The number of rotatable bonds is 8. The molecule has 0 aliphatic carbocycles. The first kappa shape index (κ1) is 27.7. The quantitative estimate of drug-likeness (QED) is 0.261. The lowest BCUT2D eigenvalue weighted by Gasteiger charge is -2.29. The van der Waals surface area contributed by atoms with Crippen LogP contribution in [0.4, 0.5) is 4.79 Å². The summed E-state index contributed by atoms with van der Waals surface area (Å²) in [6.07, 6.45) is 3.32. The van der Waals surface area contributed by atoms with Crippen molar-refractivity contribution in [2.24, 2.45) is 4.99 Å². The monoisotopic (exact) mass is 556 g/mol. The van der Waals surface area contributed by atoms with Crippen LogP contribution < -0.4 is 16.0 Å². The van der Waals surface area contributed by atoms with Crippen molar-refractivity contribution in [2.75, 3.05) is 13.1 Å². The third kappa shape index (κ3) is 10.3. The highest BCUT2D eigenvalue weighted by molar-refractivity contribution is 14.0. The van der Waals surface area contributed by atoms with E-state index >= 15 is 0 Å². The first-order chi connectivity index (χ1) is 14.6. The van der Waals surface area contributed by atoms with Gasteiger partial charge in [0.15, 0.2) is 5.96 Å². The zero-order chi connectivity index (χ0) is 22.9. The molecular weight excluding hydrogens is 519 g/mol. The predicted octanol–water partition coefficient (Wildman–Crippen LogP) is 3.91. The first-order valence-electron chi connectivity index (χ1n) is 10.7. The van der Waals surface area contributed by atoms with Crippen LogP contribution in [0.15, 0.2) is 47.7 Å². The molecule has 0 atom stereocenters. The minimum Gasteiger partial charge on any atom is -0.444 e. The van der Waals surface area contributed by atoms with Crippen molar-refractivity contribution < 1.29 is 9.53 Å². The summed E-state index contributed by atoms with van der Waals surface area (Å²) in [5.74, 6) is 1.54. The Hall–Kier alpha value is -2.30. The average Bonchev–Trinajstić information content (AvgIpc) is 3.10. The smallest absolute Gasteiger partial charge is 0.408 e. The Morgan fingerprint density at radius 2 is 1.81 bits per heavy atom. The summed E-state index contributed by atoms with van der Waals surface area (Å²) in [6, 6.07) is 10.3. The number of aliphatic imine (C=N–C) groups is 1. The zero-order valence-electron chi connectivity index (χ0n) is 19.9. The summed E-state index contributed by atoms with van der Waals surface area (Å²) in [5, 5.41) is 9.42. The molecule has 178 valence electrons. The average molecular weight is 556 g/mol. The van der Waals surface area contributed by atoms with E-state index in [1.807, 2.05) is 65.9 Å². The van der Waals surface area contributed by atoms with Gasteiger partial charge in [-0.3, -0.25) is 0 Å². The molecule has 32 heavy (non-hydrogen) atoms. The van der Waals surface area contributed by atoms with Gasteiger partial charge >= 0.3 is 6.09 Å². The minimum atomic E-state index is -0.536. The molecule has 3 N–H and O–H groups in total. The number of alkyl carbamates (subject to hydrolysis) is 1. The van der Waals surface area contributed by atoms with Crippen LogP contribution in [0, 0.1) is 0 Å². The number of guanidine groups is 1. The fourth-order valence-corrected chi connectivity index (χ4v) is 2.84. The van der Waals surface area contributed by atoms with E-state index in [9.17, 15) is 4.79 Å². The molecule has 1 amide bonds. The summed E-state index contributed by atoms with van der Waals surface area (Å²) in [6.45, 7) is 13.8. The van der Waals surface area contributed by atoms with Crippen molar-refractivity contribution in [2.45, 2.75) is 65.8 Å². The molecule has 0 saturated heterocycles. The molecule has 1 aromatic heterocycles. The number of carbonyl (C=O) groups excluding carboxylic acids is 1. The molecule has 0 fully saturated rings. The standard InChI is InChI=1S/C23H36N6O2.HI/c1-7-24-20(27-17-23(5,6)28-21(30)31-22(2,3)4)26-15-19-25-13-14-29(19)16-18-11-9-8-10-12-18;/h8-14H,7,15-17H2,1-6H3,(H,28,30)(H2,24,26,27);1H. The maximum atomic E-state index is 12.1. The number of hydrogen-bond acceptors (Lipinski definition) is 4. The van der Waals surface area contributed by atoms with Gasteiger partial charge in [0.1, 0.15) is 18.0 Å². The van der Waals surface area contributed by atoms with Gasteiger partial charge in [0.05, 0.1) is 5.54 Å². The number of nitrogens with zero attached hydrogens (tertiary/aromatic N) is 3. The van der Waals surface area contributed by atoms with Gasteiger partial charge in [-0.1, -0.05) is 30.3 Å². The van der Waals surface area contributed by atoms with Crippen LogP contribution >= 0.6 is 24.0 Å². The molecule has 0 aliphatic rings. The van der Waals surface area contributed by atoms with Crippen LogP contribution in [0.2, 0.25) is 0 Å². The molecule has 0 radical (unpaired) electrons. The van der Waals surface area contributed by atoms with Crippen LogP contribution in [-0.2, 0) is 17.8 Å². The van der Waals surface area contributed by atoms with Gasteiger partial charge in [-0.2, -0.15) is 0 Å². The minimum absolute atomic E-state index is 0. The number of ether oxygens (including phenoxy) is 1. The van der Waals surface area contributed by atoms with E-state index in [-0.39, 0.29) is 24.0 Å². The van der Waals surface area contributed by atoms with Crippen molar-refractivity contribution in [3.8, 4) is 0 Å². The highest BCUT2D eigenvalue weighted by Crippen LogP contribution is 2.09. The molecule has 0 bridgehead atoms. The van der Waals surface area contributed by atoms with Gasteiger partial charge in [-0.05, 0) is 47.1 Å². The summed E-state index contributed by atoms with van der Waals surface area (Å²) >= 11 is 0. The Kier molecular flexibility index (Phi) is 11.0. The Labute approximate surface area is 208 Å². The number of benzene rings is 1. The number of halogens is 1. The zero-order valence-corrected chi connectivity index (χ0v) is 22.3. The van der Waals surface area contributed by atoms with E-state index in [0.717, 1.165) is 18.9 Å². The molecule has 2 aromatic rings. The molecule has 2 rings (SSSR count). The second kappa shape index (κ2) is 12.7. The molecule has 0 unspecified atom stereocenters. The van der Waals surface area contributed by atoms with Gasteiger partial charge in [0.25, 0.3) is 0 Å². The van der Waals surface area contributed by atoms with Crippen LogP contribution in [0.1, 0.15) is 52.9 Å². The molecule has 0 aliphatic heterocycles. The number of aromatic nitrogens is 2. The summed E-state index contributed by atoms with van der Waals surface area (Å²) in [7, 11) is 0. The van der Waals surface area contributed by atoms with E-state index in [4.69, 9.17) is 4.74 Å². The van der Waals surface area contributed by atoms with Crippen LogP contribution in [0.5, 0.6) is 0 Å². The Balaban J connectivity index is 0.00000512. The number of nitrogens with one attached hydrogen (secondary N) is 3. The van der Waals surface area contributed by atoms with Gasteiger partial charge in [0, 0.05) is 32.0 Å². The van der Waals surface area contributed by atoms with Crippen molar-refractivity contribution in [1.82, 2.24) is 25.5 Å². The van der Waals surface area contributed by atoms with Crippen molar-refractivity contribution >= 4 is 36.0 Å². The number of amides is 1. The van der Waals surface area contributed by atoms with E-state index in [2.05, 4.69) is 42.6 Å². The van der Waals surface area contributed by atoms with E-state index < -0.39 is 17.2 Å². The van der Waals surface area contributed by atoms with Gasteiger partial charge in [0.2, 0.25) is 0 Å². The number of imidazole rings is 1. The molecule has 9 heteroatoms. The molecule has 8 nitrogen and oxygen atoms in total. The maximum absolute atomic E-state index is 12.1. The van der Waals surface area contributed by atoms with Crippen molar-refractivity contribution in [1.29, 1.82) is 0 Å². The summed E-state index contributed by atoms with van der Waals surface area (Å²) in [4.78, 5) is 21.2. The second-order valence-corrected chi connectivity index (χ2v) is 9.02. The summed E-state index contributed by atoms with van der Waals surface area (Å²) in [5.41, 5.74) is 0.154. The van der Waals surface area contributed by atoms with Crippen LogP contribution in [0.25, 0.3) is 0 Å². The lowest BCUT2D eigenvalue weighted by atomic mass is 10.1. The lowest BCUT2D eigenvalue weighted by molar-refractivity contribution is 0.0474. The largest absolute Gasteiger partial charge is 0.444 e. The SMILES string of the molecule is CCNC(=NCc1nccn1Cc1ccccc1)NCC(C)(C)NC(=O)OC(C)(C)C.I. The van der Waals surface area contributed by atoms with Crippen molar-refractivity contribution in [3.05, 3.63) is 54.1 Å². The lowest BCUT2D eigenvalue weighted by Crippen LogP contribution is -2.54. The molecular formula is C23H37IN6O2. The molecule has 1 aromatic carbocycles. The van der Waals surface area contributed by atoms with Crippen LogP contribution in [-0.4, -0.2) is 45.8 Å². The maximum Gasteiger partial charge on any atom is 0.408 e. The van der Waals surface area contributed by atoms with Gasteiger partial charge in [-0.15, -0.1) is 24.0 Å². The number of carbonyl (C=O) groups is 1. The Bertz CT molecular complexity index is 859. The second-order valence-electron chi connectivity index (χ2n) is 9.02. The van der Waals surface area contributed by atoms with E-state index in [1.54, 1.807) is 6.20 Å². The highest BCUT2D eigenvalue weighted by Gasteiger charge is 2.24. The normalized spacial score (nSPS) is 12.0. The fourth-order valence-electron chi connectivity index (χ4n) is 2.84. The number of hydrogen-bond donors (Lipinski definition) is 3. The third-order valence-corrected chi connectivity index (χ3v) is 4.26. The van der Waals surface area contributed by atoms with Crippen molar-refractivity contribution in [3.63, 3.8) is 0 Å². The fraction of sp³-hybridized carbons (Fsp3) is 0.522. The van der Waals surface area contributed by atoms with Crippen LogP contribution in [0.3, 0.4) is 0 Å². The van der Waals surface area contributed by atoms with Gasteiger partial charge in [-0.25, -0.2) is 14.8 Å². The molecule has 1 heterocycles. The third-order valence-electron chi connectivity index (χ3n) is 4.26. The molecule has 0 spiro atoms. The Morgan fingerprint density at radius 1 is 1.12 bits per heavy atom.